The van der Waals surface area contributed by atoms with Gasteiger partial charge in [-0.05, 0) is 37.6 Å². The number of carbonyl (C=O) groups is 1. The number of methoxy groups -OCH3 is 1. The number of hydrogen-bond donors (Lipinski definition) is 1. The van der Waals surface area contributed by atoms with Crippen LogP contribution in [0.5, 0.6) is 5.75 Å². The lowest BCUT2D eigenvalue weighted by Crippen LogP contribution is -2.41. The Hall–Kier alpha value is -1.07. The van der Waals surface area contributed by atoms with Crippen LogP contribution in [0.1, 0.15) is 12.8 Å². The number of carbonyl (C=O) groups excluding carboxylic acids is 1. The minimum Gasteiger partial charge on any atom is -0.495 e. The van der Waals surface area contributed by atoms with Crippen LogP contribution in [-0.4, -0.2) is 32.7 Å². The summed E-state index contributed by atoms with van der Waals surface area (Å²) >= 11 is 3.42. The Morgan fingerprint density at radius 1 is 1.56 bits per heavy atom. The summed E-state index contributed by atoms with van der Waals surface area (Å²) in [5, 5.41) is 3.22. The highest BCUT2D eigenvalue weighted by atomic mass is 79.9. The Bertz CT molecular complexity index is 445. The summed E-state index contributed by atoms with van der Waals surface area (Å²) in [6.45, 7) is 0.917. The zero-order valence-electron chi connectivity index (χ0n) is 10.6. The third-order valence-electron chi connectivity index (χ3n) is 3.19. The number of rotatable bonds is 3. The summed E-state index contributed by atoms with van der Waals surface area (Å²) in [7, 11) is 3.39. The molecular weight excluding hydrogens is 296 g/mol. The molecule has 18 heavy (non-hydrogen) atoms. The first-order valence-electron chi connectivity index (χ1n) is 5.98. The van der Waals surface area contributed by atoms with E-state index >= 15 is 0 Å². The largest absolute Gasteiger partial charge is 0.495 e. The van der Waals surface area contributed by atoms with Gasteiger partial charge in [0.2, 0.25) is 5.91 Å². The van der Waals surface area contributed by atoms with Gasteiger partial charge in [-0.1, -0.05) is 15.9 Å². The van der Waals surface area contributed by atoms with Crippen LogP contribution in [0.25, 0.3) is 0 Å². The molecule has 0 radical (unpaired) electrons. The molecule has 1 saturated heterocycles. The van der Waals surface area contributed by atoms with Gasteiger partial charge in [-0.15, -0.1) is 0 Å². The van der Waals surface area contributed by atoms with E-state index in [1.165, 1.54) is 0 Å². The molecule has 5 heteroatoms. The first-order valence-corrected chi connectivity index (χ1v) is 6.77. The van der Waals surface area contributed by atoms with E-state index in [1.54, 1.807) is 19.1 Å². The van der Waals surface area contributed by atoms with Crippen LogP contribution in [0, 0.1) is 0 Å². The summed E-state index contributed by atoms with van der Waals surface area (Å²) in [6.07, 6.45) is 1.96. The van der Waals surface area contributed by atoms with Crippen molar-refractivity contribution in [3.05, 3.63) is 22.7 Å². The fraction of sp³-hybridized carbons (Fsp3) is 0.462. The lowest BCUT2D eigenvalue weighted by atomic mass is 10.2. The van der Waals surface area contributed by atoms with Crippen LogP contribution in [0.15, 0.2) is 22.7 Å². The number of hydrogen-bond acceptors (Lipinski definition) is 3. The van der Waals surface area contributed by atoms with Crippen molar-refractivity contribution in [3.63, 3.8) is 0 Å². The van der Waals surface area contributed by atoms with E-state index in [4.69, 9.17) is 4.74 Å². The zero-order chi connectivity index (χ0) is 13.1. The molecule has 0 aliphatic carbocycles. The number of halogens is 1. The smallest absolute Gasteiger partial charge is 0.243 e. The molecule has 98 valence electrons. The quantitative estimate of drug-likeness (QED) is 0.930. The van der Waals surface area contributed by atoms with Crippen LogP contribution in [0.4, 0.5) is 5.69 Å². The number of anilines is 1. The van der Waals surface area contributed by atoms with Gasteiger partial charge >= 0.3 is 0 Å². The minimum atomic E-state index is -0.0707. The summed E-state index contributed by atoms with van der Waals surface area (Å²) in [6, 6.07) is 5.57. The fourth-order valence-electron chi connectivity index (χ4n) is 2.17. The molecule has 1 amide bonds. The average Bonchev–Trinajstić information content (AvgIpc) is 2.90. The molecule has 1 aromatic carbocycles. The van der Waals surface area contributed by atoms with Gasteiger partial charge in [-0.2, -0.15) is 0 Å². The van der Waals surface area contributed by atoms with E-state index in [0.29, 0.717) is 5.75 Å². The van der Waals surface area contributed by atoms with Gasteiger partial charge in [-0.3, -0.25) is 4.79 Å². The molecule has 1 fully saturated rings. The van der Waals surface area contributed by atoms with Gasteiger partial charge in [-0.25, -0.2) is 0 Å². The molecule has 1 unspecified atom stereocenters. The van der Waals surface area contributed by atoms with Crippen molar-refractivity contribution in [2.45, 2.75) is 18.9 Å². The molecule has 1 N–H and O–H groups in total. The standard InChI is InChI=1S/C13H17BrN2O2/c1-16(13(17)10-4-3-7-15-10)11-8-9(14)5-6-12(11)18-2/h5-6,8,10,15H,3-4,7H2,1-2H3. The summed E-state index contributed by atoms with van der Waals surface area (Å²) in [5.74, 6) is 0.788. The highest BCUT2D eigenvalue weighted by molar-refractivity contribution is 9.10. The number of nitrogens with zero attached hydrogens (tertiary/aromatic N) is 1. The van der Waals surface area contributed by atoms with E-state index in [-0.39, 0.29) is 11.9 Å². The molecule has 0 spiro atoms. The monoisotopic (exact) mass is 312 g/mol. The first-order chi connectivity index (χ1) is 8.63. The van der Waals surface area contributed by atoms with Crippen molar-refractivity contribution in [2.75, 3.05) is 25.6 Å². The Kier molecular flexibility index (Phi) is 4.24. The molecule has 1 heterocycles. The Balaban J connectivity index is 2.24. The van der Waals surface area contributed by atoms with E-state index in [9.17, 15) is 4.79 Å². The van der Waals surface area contributed by atoms with Crippen LogP contribution in [0.2, 0.25) is 0 Å². The van der Waals surface area contributed by atoms with E-state index in [1.807, 2.05) is 18.2 Å². The summed E-state index contributed by atoms with van der Waals surface area (Å²) in [4.78, 5) is 14.0. The normalized spacial score (nSPS) is 18.7. The SMILES string of the molecule is COc1ccc(Br)cc1N(C)C(=O)C1CCCN1. The van der Waals surface area contributed by atoms with E-state index in [2.05, 4.69) is 21.2 Å². The van der Waals surface area contributed by atoms with Crippen LogP contribution in [0.3, 0.4) is 0 Å². The van der Waals surface area contributed by atoms with Crippen LogP contribution < -0.4 is 15.0 Å². The predicted molar refractivity (Wildman–Crippen MR) is 75.1 cm³/mol. The van der Waals surface area contributed by atoms with Gasteiger partial charge < -0.3 is 15.0 Å². The summed E-state index contributed by atoms with van der Waals surface area (Å²) in [5.41, 5.74) is 0.783. The lowest BCUT2D eigenvalue weighted by Gasteiger charge is -2.23. The highest BCUT2D eigenvalue weighted by Gasteiger charge is 2.26. The number of nitrogens with one attached hydrogen (secondary N) is 1. The third kappa shape index (κ3) is 2.67. The van der Waals surface area contributed by atoms with E-state index < -0.39 is 0 Å². The lowest BCUT2D eigenvalue weighted by molar-refractivity contribution is -0.119. The number of likely N-dealkylation sites (N-methyl/N-ethyl adjacent to an activating group) is 1. The molecule has 0 bridgehead atoms. The highest BCUT2D eigenvalue weighted by Crippen LogP contribution is 2.31. The molecule has 1 aliphatic rings. The van der Waals surface area contributed by atoms with Crippen LogP contribution in [-0.2, 0) is 4.79 Å². The molecule has 0 aromatic heterocycles. The minimum absolute atomic E-state index is 0.0707. The maximum atomic E-state index is 12.3. The van der Waals surface area contributed by atoms with Crippen molar-refractivity contribution in [2.24, 2.45) is 0 Å². The van der Waals surface area contributed by atoms with Crippen LogP contribution >= 0.6 is 15.9 Å². The second-order valence-corrected chi connectivity index (χ2v) is 5.28. The molecule has 1 aromatic rings. The van der Waals surface area contributed by atoms with Gasteiger partial charge in [0.25, 0.3) is 0 Å². The Morgan fingerprint density at radius 3 is 2.94 bits per heavy atom. The molecule has 1 atom stereocenters. The zero-order valence-corrected chi connectivity index (χ0v) is 12.2. The second-order valence-electron chi connectivity index (χ2n) is 4.36. The fourth-order valence-corrected chi connectivity index (χ4v) is 2.52. The van der Waals surface area contributed by atoms with Gasteiger partial charge in [0.15, 0.2) is 0 Å². The van der Waals surface area contributed by atoms with Crippen molar-refractivity contribution >= 4 is 27.5 Å². The van der Waals surface area contributed by atoms with Gasteiger partial charge in [0.1, 0.15) is 5.75 Å². The van der Waals surface area contributed by atoms with Crippen molar-refractivity contribution < 1.29 is 9.53 Å². The Morgan fingerprint density at radius 2 is 2.33 bits per heavy atom. The predicted octanol–water partition coefficient (Wildman–Crippen LogP) is 2.17. The molecule has 4 nitrogen and oxygen atoms in total. The van der Waals surface area contributed by atoms with Crippen molar-refractivity contribution in [1.29, 1.82) is 0 Å². The van der Waals surface area contributed by atoms with Crippen molar-refractivity contribution in [3.8, 4) is 5.75 Å². The maximum absolute atomic E-state index is 12.3. The topological polar surface area (TPSA) is 41.6 Å². The molecule has 1 aliphatic heterocycles. The number of ether oxygens (including phenoxy) is 1. The molecule has 0 saturated carbocycles. The van der Waals surface area contributed by atoms with Crippen molar-refractivity contribution in [1.82, 2.24) is 5.32 Å². The number of benzene rings is 1. The second kappa shape index (κ2) is 5.71. The Labute approximate surface area is 115 Å². The number of amides is 1. The summed E-state index contributed by atoms with van der Waals surface area (Å²) < 4.78 is 6.23. The van der Waals surface area contributed by atoms with Gasteiger partial charge in [0, 0.05) is 11.5 Å². The van der Waals surface area contributed by atoms with Gasteiger partial charge in [0.05, 0.1) is 18.8 Å². The molecular formula is C13H17BrN2O2. The maximum Gasteiger partial charge on any atom is 0.243 e. The third-order valence-corrected chi connectivity index (χ3v) is 3.68. The molecule has 2 rings (SSSR count). The van der Waals surface area contributed by atoms with E-state index in [0.717, 1.165) is 29.5 Å². The first kappa shape index (κ1) is 13.4. The average molecular weight is 313 g/mol.